The van der Waals surface area contributed by atoms with E-state index in [1.807, 2.05) is 59.5 Å². The van der Waals surface area contributed by atoms with Gasteiger partial charge in [0.1, 0.15) is 0 Å². The molecule has 7 nitrogen and oxygen atoms in total. The van der Waals surface area contributed by atoms with Crippen molar-refractivity contribution < 1.29 is 13.2 Å². The summed E-state index contributed by atoms with van der Waals surface area (Å²) in [6.45, 7) is 0.791. The van der Waals surface area contributed by atoms with E-state index in [0.29, 0.717) is 18.8 Å². The highest BCUT2D eigenvalue weighted by atomic mass is 32.2. The summed E-state index contributed by atoms with van der Waals surface area (Å²) in [5.74, 6) is -0.0218. The Bertz CT molecular complexity index is 1050. The molecule has 2 aliphatic rings. The number of carbonyl (C=O) groups is 1. The third-order valence-corrected chi connectivity index (χ3v) is 8.67. The van der Waals surface area contributed by atoms with Gasteiger partial charge in [0.05, 0.1) is 5.75 Å². The van der Waals surface area contributed by atoms with Crippen molar-refractivity contribution >= 4 is 27.4 Å². The number of hydrogen-bond acceptors (Lipinski definition) is 4. The van der Waals surface area contributed by atoms with Crippen molar-refractivity contribution in [3.63, 3.8) is 0 Å². The number of piperidine rings is 1. The number of rotatable bonds is 6. The van der Waals surface area contributed by atoms with Crippen molar-refractivity contribution in [3.8, 4) is 0 Å². The second kappa shape index (κ2) is 11.2. The van der Waals surface area contributed by atoms with Crippen LogP contribution in [0.4, 0.5) is 16.2 Å². The second-order valence-electron chi connectivity index (χ2n) is 9.50. The second-order valence-corrected chi connectivity index (χ2v) is 11.5. The monoisotopic (exact) mass is 484 g/mol. The average Bonchev–Trinajstić information content (AvgIpc) is 3.09. The summed E-state index contributed by atoms with van der Waals surface area (Å²) < 4.78 is 27.6. The molecule has 1 aliphatic heterocycles. The van der Waals surface area contributed by atoms with Gasteiger partial charge in [-0.2, -0.15) is 4.31 Å². The lowest BCUT2D eigenvalue weighted by Crippen LogP contribution is -2.54. The van der Waals surface area contributed by atoms with Gasteiger partial charge in [0, 0.05) is 36.5 Å². The first-order chi connectivity index (χ1) is 16.4. The number of hydrogen-bond donors (Lipinski definition) is 2. The summed E-state index contributed by atoms with van der Waals surface area (Å²) in [5, 5.41) is 3.16. The van der Waals surface area contributed by atoms with Gasteiger partial charge >= 0.3 is 6.03 Å². The average molecular weight is 485 g/mol. The standard InChI is InChI=1S/C26H36N4O3S/c27-22-12-8-16-25(18-22)30(24-14-6-1-2-7-15-24)26(31)28-23-13-9-17-29(19-23)34(32,33)20-21-10-4-3-5-11-21/h3-5,8,10-12,16,18,23-24H,1-2,6-7,9,13-15,17,19-20,27H2,(H,28,31). The number of nitrogens with two attached hydrogens (primary N) is 1. The lowest BCUT2D eigenvalue weighted by Gasteiger charge is -2.36. The van der Waals surface area contributed by atoms with E-state index in [4.69, 9.17) is 5.73 Å². The Morgan fingerprint density at radius 3 is 2.41 bits per heavy atom. The van der Waals surface area contributed by atoms with Crippen molar-refractivity contribution in [2.75, 3.05) is 23.7 Å². The van der Waals surface area contributed by atoms with E-state index in [9.17, 15) is 13.2 Å². The van der Waals surface area contributed by atoms with Gasteiger partial charge in [0.15, 0.2) is 0 Å². The molecule has 1 atom stereocenters. The Labute approximate surface area is 203 Å². The number of anilines is 2. The maximum absolute atomic E-state index is 13.6. The highest BCUT2D eigenvalue weighted by molar-refractivity contribution is 7.88. The Morgan fingerprint density at radius 1 is 0.971 bits per heavy atom. The first kappa shape index (κ1) is 24.5. The molecule has 4 rings (SSSR count). The van der Waals surface area contributed by atoms with Crippen molar-refractivity contribution in [2.24, 2.45) is 0 Å². The van der Waals surface area contributed by atoms with Crippen molar-refractivity contribution in [2.45, 2.75) is 69.2 Å². The molecule has 0 aromatic heterocycles. The molecule has 1 saturated heterocycles. The quantitative estimate of drug-likeness (QED) is 0.466. The van der Waals surface area contributed by atoms with Crippen molar-refractivity contribution in [3.05, 3.63) is 60.2 Å². The Balaban J connectivity index is 1.47. The molecule has 2 fully saturated rings. The summed E-state index contributed by atoms with van der Waals surface area (Å²) >= 11 is 0. The lowest BCUT2D eigenvalue weighted by atomic mass is 10.1. The van der Waals surface area contributed by atoms with E-state index in [-0.39, 0.29) is 23.9 Å². The Kier molecular flexibility index (Phi) is 8.11. The summed E-state index contributed by atoms with van der Waals surface area (Å²) in [4.78, 5) is 15.4. The van der Waals surface area contributed by atoms with Crippen LogP contribution in [0.2, 0.25) is 0 Å². The molecule has 3 N–H and O–H groups in total. The van der Waals surface area contributed by atoms with Crippen LogP contribution in [-0.4, -0.2) is 43.9 Å². The number of sulfonamides is 1. The molecule has 2 aromatic rings. The number of amides is 2. The van der Waals surface area contributed by atoms with Crippen LogP contribution in [-0.2, 0) is 15.8 Å². The van der Waals surface area contributed by atoms with E-state index < -0.39 is 10.0 Å². The number of nitrogens with one attached hydrogen (secondary N) is 1. The Morgan fingerprint density at radius 2 is 1.71 bits per heavy atom. The van der Waals surface area contributed by atoms with E-state index in [0.717, 1.165) is 49.8 Å². The molecule has 0 spiro atoms. The fourth-order valence-electron chi connectivity index (χ4n) is 5.12. The molecule has 184 valence electrons. The molecule has 2 aromatic carbocycles. The van der Waals surface area contributed by atoms with Gasteiger partial charge in [-0.25, -0.2) is 13.2 Å². The van der Waals surface area contributed by atoms with Gasteiger partial charge < -0.3 is 11.1 Å². The lowest BCUT2D eigenvalue weighted by molar-refractivity contribution is 0.228. The minimum Gasteiger partial charge on any atom is -0.399 e. The van der Waals surface area contributed by atoms with Crippen LogP contribution in [0.1, 0.15) is 56.9 Å². The van der Waals surface area contributed by atoms with Gasteiger partial charge in [0.2, 0.25) is 10.0 Å². The predicted octanol–water partition coefficient (Wildman–Crippen LogP) is 4.50. The SMILES string of the molecule is Nc1cccc(N(C(=O)NC2CCCN(S(=O)(=O)Cc3ccccc3)C2)C2CCCCCC2)c1. The highest BCUT2D eigenvalue weighted by Crippen LogP contribution is 2.28. The van der Waals surface area contributed by atoms with Crippen molar-refractivity contribution in [1.29, 1.82) is 0 Å². The number of benzene rings is 2. The van der Waals surface area contributed by atoms with Gasteiger partial charge in [0.25, 0.3) is 0 Å². The van der Waals surface area contributed by atoms with Crippen LogP contribution in [0.15, 0.2) is 54.6 Å². The minimum absolute atomic E-state index is 0.0218. The number of carbonyl (C=O) groups excluding carboxylic acids is 1. The number of urea groups is 1. The van der Waals surface area contributed by atoms with Gasteiger partial charge in [-0.1, -0.05) is 62.1 Å². The maximum atomic E-state index is 13.6. The third-order valence-electron chi connectivity index (χ3n) is 6.85. The summed E-state index contributed by atoms with van der Waals surface area (Å²) in [7, 11) is -3.46. The highest BCUT2D eigenvalue weighted by Gasteiger charge is 2.32. The normalized spacial score (nSPS) is 20.4. The molecule has 2 amide bonds. The van der Waals surface area contributed by atoms with Crippen LogP contribution >= 0.6 is 0 Å². The molecular weight excluding hydrogens is 448 g/mol. The largest absolute Gasteiger partial charge is 0.399 e. The number of nitrogen functional groups attached to an aromatic ring is 1. The minimum atomic E-state index is -3.46. The maximum Gasteiger partial charge on any atom is 0.322 e. The van der Waals surface area contributed by atoms with E-state index >= 15 is 0 Å². The first-order valence-electron chi connectivity index (χ1n) is 12.4. The Hall–Kier alpha value is -2.58. The smallest absolute Gasteiger partial charge is 0.322 e. The zero-order chi connectivity index (χ0) is 24.0. The number of nitrogens with zero attached hydrogens (tertiary/aromatic N) is 2. The molecule has 1 unspecified atom stereocenters. The van der Waals surface area contributed by atoms with E-state index in [2.05, 4.69) is 5.32 Å². The molecule has 34 heavy (non-hydrogen) atoms. The van der Waals surface area contributed by atoms with Gasteiger partial charge in [-0.15, -0.1) is 0 Å². The first-order valence-corrected chi connectivity index (χ1v) is 14.0. The predicted molar refractivity (Wildman–Crippen MR) is 137 cm³/mol. The molecule has 0 bridgehead atoms. The van der Waals surface area contributed by atoms with Gasteiger partial charge in [-0.3, -0.25) is 4.90 Å². The molecule has 1 heterocycles. The molecule has 1 saturated carbocycles. The molecule has 1 aliphatic carbocycles. The van der Waals surface area contributed by atoms with Crippen molar-refractivity contribution in [1.82, 2.24) is 9.62 Å². The topological polar surface area (TPSA) is 95.7 Å². The van der Waals surface area contributed by atoms with Crippen LogP contribution in [0.5, 0.6) is 0 Å². The third kappa shape index (κ3) is 6.30. The molecule has 8 heteroatoms. The fraction of sp³-hybridized carbons (Fsp3) is 0.500. The molecular formula is C26H36N4O3S. The fourth-order valence-corrected chi connectivity index (χ4v) is 6.73. The summed E-state index contributed by atoms with van der Waals surface area (Å²) in [6, 6.07) is 16.4. The zero-order valence-electron chi connectivity index (χ0n) is 19.7. The van der Waals surface area contributed by atoms with Crippen LogP contribution < -0.4 is 16.0 Å². The zero-order valence-corrected chi connectivity index (χ0v) is 20.6. The van der Waals surface area contributed by atoms with Crippen LogP contribution in [0.25, 0.3) is 0 Å². The van der Waals surface area contributed by atoms with E-state index in [1.54, 1.807) is 0 Å². The van der Waals surface area contributed by atoms with Crippen LogP contribution in [0.3, 0.4) is 0 Å². The van der Waals surface area contributed by atoms with Crippen LogP contribution in [0, 0.1) is 0 Å². The summed E-state index contributed by atoms with van der Waals surface area (Å²) in [6.07, 6.45) is 8.00. The summed E-state index contributed by atoms with van der Waals surface area (Å²) in [5.41, 5.74) is 8.24. The van der Waals surface area contributed by atoms with Gasteiger partial charge in [-0.05, 0) is 49.4 Å². The molecule has 0 radical (unpaired) electrons. The van der Waals surface area contributed by atoms with E-state index in [1.165, 1.54) is 17.1 Å².